The molecule has 2 aromatic heterocycles. The van der Waals surface area contributed by atoms with Crippen LogP contribution in [0.5, 0.6) is 0 Å². The Kier molecular flexibility index (Phi) is 5.38. The number of benzene rings is 1. The van der Waals surface area contributed by atoms with Gasteiger partial charge in [-0.3, -0.25) is 14.4 Å². The maximum atomic E-state index is 12.9. The van der Waals surface area contributed by atoms with E-state index in [1.807, 2.05) is 41.3 Å². The highest BCUT2D eigenvalue weighted by atomic mass is 32.1. The third-order valence-electron chi connectivity index (χ3n) is 6.38. The van der Waals surface area contributed by atoms with E-state index in [1.54, 1.807) is 18.1 Å². The first-order valence-electron chi connectivity index (χ1n) is 10.8. The second-order valence-corrected chi connectivity index (χ2v) is 9.24. The third-order valence-corrected chi connectivity index (χ3v) is 7.51. The van der Waals surface area contributed by atoms with E-state index in [2.05, 4.69) is 10.3 Å². The molecule has 1 fully saturated rings. The molecule has 32 heavy (non-hydrogen) atoms. The number of hydrogen-bond donors (Lipinski definition) is 1. The fourth-order valence-electron chi connectivity index (χ4n) is 4.74. The molecule has 2 aliphatic rings. The number of hydrogen-bond acceptors (Lipinski definition) is 5. The quantitative estimate of drug-likeness (QED) is 0.651. The van der Waals surface area contributed by atoms with E-state index in [4.69, 9.17) is 0 Å². The van der Waals surface area contributed by atoms with Gasteiger partial charge in [-0.2, -0.15) is 0 Å². The summed E-state index contributed by atoms with van der Waals surface area (Å²) >= 11 is 1.40. The fraction of sp³-hybridized carbons (Fsp3) is 0.333. The zero-order chi connectivity index (χ0) is 22.2. The Hall–Kier alpha value is -3.26. The Morgan fingerprint density at radius 2 is 2.06 bits per heavy atom. The highest BCUT2D eigenvalue weighted by Gasteiger charge is 2.33. The van der Waals surface area contributed by atoms with E-state index >= 15 is 0 Å². The summed E-state index contributed by atoms with van der Waals surface area (Å²) in [5, 5.41) is 3.73. The molecular formula is C24H24N4O3S. The van der Waals surface area contributed by atoms with Gasteiger partial charge in [0.05, 0.1) is 4.88 Å². The van der Waals surface area contributed by atoms with Crippen LogP contribution < -0.4 is 5.32 Å². The van der Waals surface area contributed by atoms with E-state index in [0.29, 0.717) is 37.5 Å². The van der Waals surface area contributed by atoms with E-state index in [0.717, 1.165) is 33.3 Å². The van der Waals surface area contributed by atoms with Gasteiger partial charge in [0.15, 0.2) is 0 Å². The highest BCUT2D eigenvalue weighted by molar-refractivity contribution is 7.20. The number of pyridine rings is 1. The second-order valence-electron chi connectivity index (χ2n) is 8.24. The molecule has 0 spiro atoms. The van der Waals surface area contributed by atoms with E-state index in [-0.39, 0.29) is 23.6 Å². The number of amides is 3. The largest absolute Gasteiger partial charge is 0.354 e. The first kappa shape index (κ1) is 20.6. The molecule has 4 heterocycles. The topological polar surface area (TPSA) is 82.6 Å². The molecule has 0 radical (unpaired) electrons. The van der Waals surface area contributed by atoms with Crippen molar-refractivity contribution in [1.82, 2.24) is 20.1 Å². The van der Waals surface area contributed by atoms with Crippen LogP contribution in [0.2, 0.25) is 0 Å². The number of thiophene rings is 1. The van der Waals surface area contributed by atoms with Crippen LogP contribution >= 0.6 is 11.3 Å². The zero-order valence-electron chi connectivity index (χ0n) is 17.8. The predicted octanol–water partition coefficient (Wildman–Crippen LogP) is 3.02. The van der Waals surface area contributed by atoms with Gasteiger partial charge in [-0.1, -0.05) is 24.3 Å². The Bertz CT molecular complexity index is 1220. The summed E-state index contributed by atoms with van der Waals surface area (Å²) in [6, 6.07) is 11.5. The van der Waals surface area contributed by atoms with Gasteiger partial charge in [0.2, 0.25) is 5.91 Å². The lowest BCUT2D eigenvalue weighted by molar-refractivity contribution is -0.130. The number of nitrogens with one attached hydrogen (secondary N) is 1. The maximum Gasteiger partial charge on any atom is 0.261 e. The molecule has 1 aromatic carbocycles. The van der Waals surface area contributed by atoms with Crippen molar-refractivity contribution in [1.29, 1.82) is 0 Å². The van der Waals surface area contributed by atoms with Crippen LogP contribution in [0.3, 0.4) is 0 Å². The first-order chi connectivity index (χ1) is 15.6. The van der Waals surface area contributed by atoms with Crippen molar-refractivity contribution in [2.45, 2.75) is 25.3 Å². The van der Waals surface area contributed by atoms with Crippen molar-refractivity contribution in [3.05, 3.63) is 64.2 Å². The molecule has 3 amide bonds. The van der Waals surface area contributed by atoms with Crippen LogP contribution in [0, 0.1) is 0 Å². The fourth-order valence-corrected chi connectivity index (χ4v) is 5.92. The Morgan fingerprint density at radius 3 is 2.88 bits per heavy atom. The van der Waals surface area contributed by atoms with Gasteiger partial charge >= 0.3 is 0 Å². The minimum Gasteiger partial charge on any atom is -0.354 e. The molecule has 1 unspecified atom stereocenters. The number of aromatic nitrogens is 1. The molecule has 0 bridgehead atoms. The molecule has 5 rings (SSSR count). The summed E-state index contributed by atoms with van der Waals surface area (Å²) in [5.41, 5.74) is 2.75. The Labute approximate surface area is 190 Å². The van der Waals surface area contributed by atoms with Crippen molar-refractivity contribution >= 4 is 39.3 Å². The first-order valence-corrected chi connectivity index (χ1v) is 11.6. The van der Waals surface area contributed by atoms with Crippen molar-refractivity contribution in [2.24, 2.45) is 0 Å². The van der Waals surface area contributed by atoms with E-state index < -0.39 is 0 Å². The lowest BCUT2D eigenvalue weighted by Gasteiger charge is -2.20. The number of carbonyl (C=O) groups excluding carboxylic acids is 3. The van der Waals surface area contributed by atoms with Crippen molar-refractivity contribution in [2.75, 3.05) is 26.7 Å². The van der Waals surface area contributed by atoms with Crippen LogP contribution in [-0.2, 0) is 11.3 Å². The number of nitrogens with zero attached hydrogens (tertiary/aromatic N) is 3. The second kappa shape index (κ2) is 8.35. The van der Waals surface area contributed by atoms with E-state index in [1.165, 1.54) is 11.3 Å². The normalized spacial score (nSPS) is 17.8. The van der Waals surface area contributed by atoms with Gasteiger partial charge < -0.3 is 15.1 Å². The third kappa shape index (κ3) is 3.54. The van der Waals surface area contributed by atoms with Crippen LogP contribution in [0.15, 0.2) is 42.6 Å². The summed E-state index contributed by atoms with van der Waals surface area (Å²) < 4.78 is 0. The van der Waals surface area contributed by atoms with Gasteiger partial charge in [-0.25, -0.2) is 4.98 Å². The molecule has 1 atom stereocenters. The molecule has 8 heteroatoms. The molecule has 164 valence electrons. The molecular weight excluding hydrogens is 424 g/mol. The summed E-state index contributed by atoms with van der Waals surface area (Å²) in [6.45, 7) is 2.22. The summed E-state index contributed by atoms with van der Waals surface area (Å²) in [5.74, 6) is 0.0392. The molecule has 1 saturated heterocycles. The van der Waals surface area contributed by atoms with Gasteiger partial charge in [0, 0.05) is 62.7 Å². The number of likely N-dealkylation sites (tertiary alicyclic amines) is 1. The van der Waals surface area contributed by atoms with Gasteiger partial charge in [0.25, 0.3) is 11.8 Å². The van der Waals surface area contributed by atoms with Crippen molar-refractivity contribution in [3.8, 4) is 0 Å². The molecule has 3 aromatic rings. The van der Waals surface area contributed by atoms with Crippen molar-refractivity contribution in [3.63, 3.8) is 0 Å². The molecule has 2 aliphatic heterocycles. The Morgan fingerprint density at radius 1 is 1.22 bits per heavy atom. The van der Waals surface area contributed by atoms with E-state index in [9.17, 15) is 14.4 Å². The number of fused-ring (bicyclic) bond motifs is 2. The molecule has 7 nitrogen and oxygen atoms in total. The van der Waals surface area contributed by atoms with Crippen LogP contribution in [-0.4, -0.2) is 59.2 Å². The smallest absolute Gasteiger partial charge is 0.261 e. The number of carbonyl (C=O) groups is 3. The summed E-state index contributed by atoms with van der Waals surface area (Å²) in [4.78, 5) is 47.6. The highest BCUT2D eigenvalue weighted by Crippen LogP contribution is 2.39. The lowest BCUT2D eigenvalue weighted by Crippen LogP contribution is -2.33. The maximum absolute atomic E-state index is 12.9. The van der Waals surface area contributed by atoms with Crippen LogP contribution in [0.25, 0.3) is 10.2 Å². The van der Waals surface area contributed by atoms with Crippen LogP contribution in [0.1, 0.15) is 49.9 Å². The molecule has 1 N–H and O–H groups in total. The summed E-state index contributed by atoms with van der Waals surface area (Å²) in [7, 11) is 1.63. The molecule has 0 aliphatic carbocycles. The van der Waals surface area contributed by atoms with Crippen molar-refractivity contribution < 1.29 is 14.4 Å². The minimum absolute atomic E-state index is 0.000149. The molecule has 0 saturated carbocycles. The van der Waals surface area contributed by atoms with Gasteiger partial charge in [-0.05, 0) is 29.7 Å². The average molecular weight is 449 g/mol. The monoisotopic (exact) mass is 448 g/mol. The Balaban J connectivity index is 1.27. The lowest BCUT2D eigenvalue weighted by atomic mass is 9.95. The van der Waals surface area contributed by atoms with Gasteiger partial charge in [-0.15, -0.1) is 11.3 Å². The standard InChI is InChI=1S/C24H24N4O3S/c1-25-22(30)21-20(18-7-4-10-26-23(18)32-21)16-8-11-27(14-16)19(29)9-12-28-13-15-5-2-3-6-17(15)24(28)31/h2-7,10,16H,8-9,11-14H2,1H3,(H,25,30). The summed E-state index contributed by atoms with van der Waals surface area (Å²) in [6.07, 6.45) is 2.85. The van der Waals surface area contributed by atoms with Gasteiger partial charge in [0.1, 0.15) is 4.83 Å². The number of rotatable bonds is 5. The average Bonchev–Trinajstić information content (AvgIpc) is 3.52. The predicted molar refractivity (Wildman–Crippen MR) is 123 cm³/mol. The van der Waals surface area contributed by atoms with Crippen LogP contribution in [0.4, 0.5) is 0 Å². The SMILES string of the molecule is CNC(=O)c1sc2ncccc2c1C1CCN(C(=O)CCN2Cc3ccccc3C2=O)C1. The minimum atomic E-state index is -0.111. The zero-order valence-corrected chi connectivity index (χ0v) is 18.7.